The molecule has 0 aliphatic carbocycles. The third kappa shape index (κ3) is 4.82. The fourth-order valence-corrected chi connectivity index (χ4v) is 3.82. The van der Waals surface area contributed by atoms with Crippen LogP contribution in [0.3, 0.4) is 0 Å². The zero-order chi connectivity index (χ0) is 17.8. The minimum Gasteiger partial charge on any atom is -0.348 e. The number of piperidine rings is 2. The second kappa shape index (κ2) is 9.25. The number of halogens is 1. The van der Waals surface area contributed by atoms with Crippen LogP contribution in [0.4, 0.5) is 0 Å². The second-order valence-corrected chi connectivity index (χ2v) is 6.98. The van der Waals surface area contributed by atoms with Gasteiger partial charge in [-0.1, -0.05) is 0 Å². The van der Waals surface area contributed by atoms with Gasteiger partial charge in [0.05, 0.1) is 0 Å². The Hall–Kier alpha value is -2.03. The molecular weight excluding hydrogens is 366 g/mol. The molecule has 2 aliphatic heterocycles. The molecule has 0 bridgehead atoms. The van der Waals surface area contributed by atoms with Gasteiger partial charge in [-0.3, -0.25) is 9.36 Å². The van der Waals surface area contributed by atoms with E-state index in [0.29, 0.717) is 17.7 Å². The van der Waals surface area contributed by atoms with Crippen molar-refractivity contribution in [1.29, 1.82) is 0 Å². The van der Waals surface area contributed by atoms with Gasteiger partial charge in [0.2, 0.25) is 5.95 Å². The molecule has 0 aromatic carbocycles. The van der Waals surface area contributed by atoms with E-state index in [0.717, 1.165) is 39.0 Å². The Labute approximate surface area is 165 Å². The largest absolute Gasteiger partial charge is 0.348 e. The third-order valence-corrected chi connectivity index (χ3v) is 5.30. The fourth-order valence-electron chi connectivity index (χ4n) is 3.82. The lowest BCUT2D eigenvalue weighted by atomic mass is 9.98. The molecule has 0 atom stereocenters. The SMILES string of the molecule is Cl.O=C(NC1CCN(C2CCNCC2)CC1)c1ccnc(-n2ccnc2)n1. The average Bonchev–Trinajstić information content (AvgIpc) is 3.24. The maximum Gasteiger partial charge on any atom is 0.270 e. The summed E-state index contributed by atoms with van der Waals surface area (Å²) in [4.78, 5) is 27.7. The fraction of sp³-hybridized carbons (Fsp3) is 0.556. The minimum atomic E-state index is -0.130. The van der Waals surface area contributed by atoms with Crippen LogP contribution >= 0.6 is 12.4 Å². The van der Waals surface area contributed by atoms with Crippen molar-refractivity contribution < 1.29 is 4.79 Å². The van der Waals surface area contributed by atoms with Gasteiger partial charge in [-0.15, -0.1) is 12.4 Å². The Kier molecular flexibility index (Phi) is 6.76. The van der Waals surface area contributed by atoms with Crippen LogP contribution in [-0.2, 0) is 0 Å². The lowest BCUT2D eigenvalue weighted by molar-refractivity contribution is 0.0867. The summed E-state index contributed by atoms with van der Waals surface area (Å²) >= 11 is 0. The molecule has 8 nitrogen and oxygen atoms in total. The van der Waals surface area contributed by atoms with E-state index < -0.39 is 0 Å². The first kappa shape index (κ1) is 19.7. The maximum atomic E-state index is 12.6. The molecule has 2 aliphatic rings. The normalized spacial score (nSPS) is 19.4. The summed E-state index contributed by atoms with van der Waals surface area (Å²) in [7, 11) is 0. The lowest BCUT2D eigenvalue weighted by Crippen LogP contribution is -2.50. The van der Waals surface area contributed by atoms with Crippen molar-refractivity contribution in [2.24, 2.45) is 0 Å². The predicted octanol–water partition coefficient (Wildman–Crippen LogP) is 1.03. The first-order chi connectivity index (χ1) is 12.8. The zero-order valence-electron chi connectivity index (χ0n) is 15.3. The Morgan fingerprint density at radius 2 is 1.93 bits per heavy atom. The van der Waals surface area contributed by atoms with E-state index in [9.17, 15) is 4.79 Å². The molecule has 0 unspecified atom stereocenters. The van der Waals surface area contributed by atoms with Crippen molar-refractivity contribution in [3.05, 3.63) is 36.7 Å². The van der Waals surface area contributed by atoms with Gasteiger partial charge in [0.25, 0.3) is 5.91 Å². The standard InChI is InChI=1S/C18H25N7O.ClH/c26-17(16-3-8-21-18(23-16)25-12-9-20-13-25)22-14-4-10-24(11-5-14)15-1-6-19-7-2-15;/h3,8-9,12-15,19H,1-2,4-7,10-11H2,(H,22,26);1H. The lowest BCUT2D eigenvalue weighted by Gasteiger charge is -2.39. The van der Waals surface area contributed by atoms with Crippen molar-refractivity contribution in [2.75, 3.05) is 26.2 Å². The molecule has 0 spiro atoms. The average molecular weight is 392 g/mol. The first-order valence-corrected chi connectivity index (χ1v) is 9.36. The van der Waals surface area contributed by atoms with Gasteiger partial charge in [-0.05, 0) is 44.8 Å². The summed E-state index contributed by atoms with van der Waals surface area (Å²) in [5.41, 5.74) is 0.393. The van der Waals surface area contributed by atoms with Gasteiger partial charge in [0.15, 0.2) is 0 Å². The minimum absolute atomic E-state index is 0. The second-order valence-electron chi connectivity index (χ2n) is 6.98. The van der Waals surface area contributed by atoms with Crippen LogP contribution in [0.25, 0.3) is 5.95 Å². The number of carbonyl (C=O) groups is 1. The van der Waals surface area contributed by atoms with Gasteiger partial charge < -0.3 is 15.5 Å². The van der Waals surface area contributed by atoms with E-state index in [4.69, 9.17) is 0 Å². The van der Waals surface area contributed by atoms with Crippen LogP contribution in [0.5, 0.6) is 0 Å². The molecule has 146 valence electrons. The summed E-state index contributed by atoms with van der Waals surface area (Å²) in [5, 5.41) is 6.56. The van der Waals surface area contributed by atoms with Gasteiger partial charge in [-0.2, -0.15) is 0 Å². The van der Waals surface area contributed by atoms with Crippen molar-refractivity contribution in [1.82, 2.24) is 35.1 Å². The molecule has 4 heterocycles. The molecule has 2 N–H and O–H groups in total. The van der Waals surface area contributed by atoms with E-state index in [1.807, 2.05) is 0 Å². The van der Waals surface area contributed by atoms with Crippen molar-refractivity contribution in [2.45, 2.75) is 37.8 Å². The summed E-state index contributed by atoms with van der Waals surface area (Å²) in [6.07, 6.45) is 11.1. The van der Waals surface area contributed by atoms with Crippen molar-refractivity contribution in [3.8, 4) is 5.95 Å². The predicted molar refractivity (Wildman–Crippen MR) is 104 cm³/mol. The number of rotatable bonds is 4. The van der Waals surface area contributed by atoms with Crippen LogP contribution in [-0.4, -0.2) is 68.6 Å². The van der Waals surface area contributed by atoms with Gasteiger partial charge in [0.1, 0.15) is 12.0 Å². The van der Waals surface area contributed by atoms with E-state index in [-0.39, 0.29) is 24.4 Å². The molecule has 27 heavy (non-hydrogen) atoms. The molecule has 2 aromatic heterocycles. The number of nitrogens with one attached hydrogen (secondary N) is 2. The van der Waals surface area contributed by atoms with Crippen LogP contribution in [0.1, 0.15) is 36.2 Å². The number of amides is 1. The van der Waals surface area contributed by atoms with Crippen LogP contribution < -0.4 is 10.6 Å². The van der Waals surface area contributed by atoms with Crippen molar-refractivity contribution >= 4 is 18.3 Å². The van der Waals surface area contributed by atoms with E-state index >= 15 is 0 Å². The monoisotopic (exact) mass is 391 g/mol. The topological polar surface area (TPSA) is 88.0 Å². The summed E-state index contributed by atoms with van der Waals surface area (Å²) in [5.74, 6) is 0.324. The summed E-state index contributed by atoms with van der Waals surface area (Å²) in [6, 6.07) is 2.57. The summed E-state index contributed by atoms with van der Waals surface area (Å²) < 4.78 is 1.69. The number of hydrogen-bond donors (Lipinski definition) is 2. The number of likely N-dealkylation sites (tertiary alicyclic amines) is 1. The smallest absolute Gasteiger partial charge is 0.270 e. The third-order valence-electron chi connectivity index (χ3n) is 5.30. The van der Waals surface area contributed by atoms with E-state index in [1.54, 1.807) is 35.6 Å². The number of hydrogen-bond acceptors (Lipinski definition) is 6. The highest BCUT2D eigenvalue weighted by Crippen LogP contribution is 2.18. The number of imidazole rings is 1. The Bertz CT molecular complexity index is 725. The number of carbonyl (C=O) groups excluding carboxylic acids is 1. The Morgan fingerprint density at radius 1 is 1.15 bits per heavy atom. The van der Waals surface area contributed by atoms with Crippen molar-refractivity contribution in [3.63, 3.8) is 0 Å². The molecule has 2 saturated heterocycles. The molecular formula is C18H26ClN7O. The van der Waals surface area contributed by atoms with Gasteiger partial charge in [0, 0.05) is 43.8 Å². The van der Waals surface area contributed by atoms with Crippen LogP contribution in [0.15, 0.2) is 31.0 Å². The highest BCUT2D eigenvalue weighted by atomic mass is 35.5. The zero-order valence-corrected chi connectivity index (χ0v) is 16.1. The first-order valence-electron chi connectivity index (χ1n) is 9.36. The molecule has 1 amide bonds. The Morgan fingerprint density at radius 3 is 2.63 bits per heavy atom. The molecule has 9 heteroatoms. The number of nitrogens with zero attached hydrogens (tertiary/aromatic N) is 5. The molecule has 2 fully saturated rings. The molecule has 0 radical (unpaired) electrons. The quantitative estimate of drug-likeness (QED) is 0.809. The highest BCUT2D eigenvalue weighted by Gasteiger charge is 2.27. The Balaban J connectivity index is 0.00000210. The maximum absolute atomic E-state index is 12.6. The van der Waals surface area contributed by atoms with E-state index in [1.165, 1.54) is 12.8 Å². The van der Waals surface area contributed by atoms with Crippen LogP contribution in [0.2, 0.25) is 0 Å². The highest BCUT2D eigenvalue weighted by molar-refractivity contribution is 5.92. The molecule has 2 aromatic rings. The van der Waals surface area contributed by atoms with E-state index in [2.05, 4.69) is 30.5 Å². The van der Waals surface area contributed by atoms with Gasteiger partial charge in [-0.25, -0.2) is 15.0 Å². The van der Waals surface area contributed by atoms with Crippen LogP contribution in [0, 0.1) is 0 Å². The van der Waals surface area contributed by atoms with Gasteiger partial charge >= 0.3 is 0 Å². The molecule has 4 rings (SSSR count). The summed E-state index contributed by atoms with van der Waals surface area (Å²) in [6.45, 7) is 4.35. The number of aromatic nitrogens is 4. The molecule has 0 saturated carbocycles.